The molecule has 1 heterocycles. The van der Waals surface area contributed by atoms with Crippen LogP contribution in [0.2, 0.25) is 0 Å². The summed E-state index contributed by atoms with van der Waals surface area (Å²) in [6, 6.07) is 12.9. The maximum absolute atomic E-state index is 4.28. The first-order chi connectivity index (χ1) is 11.2. The van der Waals surface area contributed by atoms with E-state index in [9.17, 15) is 0 Å². The van der Waals surface area contributed by atoms with Crippen molar-refractivity contribution in [2.75, 3.05) is 27.7 Å². The molecule has 0 aliphatic carbocycles. The van der Waals surface area contributed by atoms with Crippen molar-refractivity contribution in [3.8, 4) is 0 Å². The minimum Gasteiger partial charge on any atom is -0.356 e. The fraction of sp³-hybridized carbons (Fsp3) is 0.389. The van der Waals surface area contributed by atoms with Crippen LogP contribution in [0.15, 0.2) is 46.8 Å². The summed E-state index contributed by atoms with van der Waals surface area (Å²) in [5, 5.41) is 8.85. The number of rotatable bonds is 7. The van der Waals surface area contributed by atoms with Gasteiger partial charge in [0.1, 0.15) is 0 Å². The van der Waals surface area contributed by atoms with Crippen LogP contribution in [0.4, 0.5) is 0 Å². The molecule has 0 radical (unpaired) electrons. The SMILES string of the molecule is CN=C(NCCc1cccs1)NCc1cccc(CN(C)C)c1.I. The lowest BCUT2D eigenvalue weighted by Gasteiger charge is -2.13. The highest BCUT2D eigenvalue weighted by Crippen LogP contribution is 2.08. The summed E-state index contributed by atoms with van der Waals surface area (Å²) in [5.74, 6) is 0.847. The Kier molecular flexibility index (Phi) is 9.97. The lowest BCUT2D eigenvalue weighted by Crippen LogP contribution is -2.37. The van der Waals surface area contributed by atoms with Crippen LogP contribution in [0.25, 0.3) is 0 Å². The molecule has 1 aromatic carbocycles. The molecule has 2 N–H and O–H groups in total. The normalized spacial score (nSPS) is 11.2. The second-order valence-corrected chi connectivity index (χ2v) is 6.77. The monoisotopic (exact) mass is 458 g/mol. The predicted octanol–water partition coefficient (Wildman–Crippen LogP) is 3.34. The van der Waals surface area contributed by atoms with Gasteiger partial charge in [0.25, 0.3) is 0 Å². The van der Waals surface area contributed by atoms with Gasteiger partial charge in [-0.2, -0.15) is 0 Å². The number of benzene rings is 1. The van der Waals surface area contributed by atoms with Crippen molar-refractivity contribution >= 4 is 41.3 Å². The zero-order chi connectivity index (χ0) is 16.5. The molecule has 0 amide bonds. The van der Waals surface area contributed by atoms with Gasteiger partial charge in [-0.3, -0.25) is 4.99 Å². The molecule has 24 heavy (non-hydrogen) atoms. The van der Waals surface area contributed by atoms with Crippen molar-refractivity contribution < 1.29 is 0 Å². The molecule has 6 heteroatoms. The molecule has 0 spiro atoms. The summed E-state index contributed by atoms with van der Waals surface area (Å²) in [6.45, 7) is 2.63. The third-order valence-electron chi connectivity index (χ3n) is 3.42. The Morgan fingerprint density at radius 3 is 2.58 bits per heavy atom. The Labute approximate surface area is 166 Å². The predicted molar refractivity (Wildman–Crippen MR) is 115 cm³/mol. The van der Waals surface area contributed by atoms with Gasteiger partial charge < -0.3 is 15.5 Å². The van der Waals surface area contributed by atoms with Crippen molar-refractivity contribution in [2.45, 2.75) is 19.5 Å². The minimum absolute atomic E-state index is 0. The largest absolute Gasteiger partial charge is 0.356 e. The van der Waals surface area contributed by atoms with Crippen molar-refractivity contribution in [3.63, 3.8) is 0 Å². The Morgan fingerprint density at radius 2 is 1.92 bits per heavy atom. The standard InChI is InChI=1S/C18H26N4S.HI/c1-19-18(20-10-9-17-8-5-11-23-17)21-13-15-6-4-7-16(12-15)14-22(2)3;/h4-8,11-12H,9-10,13-14H2,1-3H3,(H2,19,20,21);1H. The molecule has 2 rings (SSSR count). The molecule has 0 aliphatic rings. The highest BCUT2D eigenvalue weighted by Gasteiger charge is 2.01. The highest BCUT2D eigenvalue weighted by atomic mass is 127. The summed E-state index contributed by atoms with van der Waals surface area (Å²) in [6.07, 6.45) is 1.02. The van der Waals surface area contributed by atoms with Crippen LogP contribution in [0.1, 0.15) is 16.0 Å². The second-order valence-electron chi connectivity index (χ2n) is 5.74. The number of nitrogens with one attached hydrogen (secondary N) is 2. The van der Waals surface area contributed by atoms with E-state index < -0.39 is 0 Å². The number of hydrogen-bond donors (Lipinski definition) is 2. The maximum Gasteiger partial charge on any atom is 0.191 e. The van der Waals surface area contributed by atoms with E-state index in [0.717, 1.165) is 32.0 Å². The van der Waals surface area contributed by atoms with Gasteiger partial charge in [0, 0.05) is 31.6 Å². The molecule has 1 aromatic heterocycles. The summed E-state index contributed by atoms with van der Waals surface area (Å²) >= 11 is 1.79. The van der Waals surface area contributed by atoms with E-state index in [-0.39, 0.29) is 24.0 Å². The number of hydrogen-bond acceptors (Lipinski definition) is 3. The fourth-order valence-corrected chi connectivity index (χ4v) is 3.08. The van der Waals surface area contributed by atoms with Crippen molar-refractivity contribution in [1.29, 1.82) is 0 Å². The van der Waals surface area contributed by atoms with Crippen LogP contribution in [-0.2, 0) is 19.5 Å². The Morgan fingerprint density at radius 1 is 1.12 bits per heavy atom. The molecule has 0 fully saturated rings. The van der Waals surface area contributed by atoms with Gasteiger partial charge in [0.15, 0.2) is 5.96 Å². The first-order valence-corrected chi connectivity index (χ1v) is 8.75. The first-order valence-electron chi connectivity index (χ1n) is 7.87. The van der Waals surface area contributed by atoms with E-state index in [2.05, 4.69) is 76.4 Å². The number of thiophene rings is 1. The molecule has 0 atom stereocenters. The van der Waals surface area contributed by atoms with E-state index in [1.807, 2.05) is 7.05 Å². The molecule has 0 unspecified atom stereocenters. The third kappa shape index (κ3) is 7.63. The third-order valence-corrected chi connectivity index (χ3v) is 4.35. The van der Waals surface area contributed by atoms with Gasteiger partial charge in [-0.25, -0.2) is 0 Å². The fourth-order valence-electron chi connectivity index (χ4n) is 2.37. The molecule has 0 aliphatic heterocycles. The quantitative estimate of drug-likeness (QED) is 0.380. The molecule has 0 saturated carbocycles. The summed E-state index contributed by atoms with van der Waals surface area (Å²) in [5.41, 5.74) is 2.60. The zero-order valence-electron chi connectivity index (χ0n) is 14.6. The number of halogens is 1. The van der Waals surface area contributed by atoms with Crippen LogP contribution in [0, 0.1) is 0 Å². The molecule has 2 aromatic rings. The van der Waals surface area contributed by atoms with Crippen LogP contribution < -0.4 is 10.6 Å². The molecule has 4 nitrogen and oxygen atoms in total. The Hall–Kier alpha value is -1.12. The molecular weight excluding hydrogens is 431 g/mol. The summed E-state index contributed by atoms with van der Waals surface area (Å²) in [7, 11) is 5.98. The average molecular weight is 458 g/mol. The minimum atomic E-state index is 0. The van der Waals surface area contributed by atoms with Gasteiger partial charge in [-0.15, -0.1) is 35.3 Å². The molecule has 132 valence electrons. The topological polar surface area (TPSA) is 39.7 Å². The van der Waals surface area contributed by atoms with Gasteiger partial charge in [-0.05, 0) is 43.1 Å². The van der Waals surface area contributed by atoms with Gasteiger partial charge >= 0.3 is 0 Å². The number of aliphatic imine (C=N–C) groups is 1. The van der Waals surface area contributed by atoms with Crippen LogP contribution in [0.3, 0.4) is 0 Å². The smallest absolute Gasteiger partial charge is 0.191 e. The van der Waals surface area contributed by atoms with E-state index >= 15 is 0 Å². The van der Waals surface area contributed by atoms with E-state index in [1.165, 1.54) is 16.0 Å². The Bertz CT molecular complexity index is 611. The number of nitrogens with zero attached hydrogens (tertiary/aromatic N) is 2. The van der Waals surface area contributed by atoms with Crippen molar-refractivity contribution in [3.05, 3.63) is 57.8 Å². The summed E-state index contributed by atoms with van der Waals surface area (Å²) < 4.78 is 0. The van der Waals surface area contributed by atoms with Crippen molar-refractivity contribution in [1.82, 2.24) is 15.5 Å². The van der Waals surface area contributed by atoms with Crippen LogP contribution in [-0.4, -0.2) is 38.5 Å². The highest BCUT2D eigenvalue weighted by molar-refractivity contribution is 14.0. The lowest BCUT2D eigenvalue weighted by atomic mass is 10.1. The number of guanidine groups is 1. The van der Waals surface area contributed by atoms with Gasteiger partial charge in [-0.1, -0.05) is 30.3 Å². The first kappa shape index (κ1) is 20.9. The van der Waals surface area contributed by atoms with Gasteiger partial charge in [0.2, 0.25) is 0 Å². The van der Waals surface area contributed by atoms with E-state index in [4.69, 9.17) is 0 Å². The summed E-state index contributed by atoms with van der Waals surface area (Å²) in [4.78, 5) is 7.85. The van der Waals surface area contributed by atoms with Crippen molar-refractivity contribution in [2.24, 2.45) is 4.99 Å². The lowest BCUT2D eigenvalue weighted by molar-refractivity contribution is 0.402. The van der Waals surface area contributed by atoms with Gasteiger partial charge in [0.05, 0.1) is 0 Å². The average Bonchev–Trinajstić information content (AvgIpc) is 3.03. The molecular formula is C18H27IN4S. The van der Waals surface area contributed by atoms with E-state index in [0.29, 0.717) is 0 Å². The van der Waals surface area contributed by atoms with E-state index in [1.54, 1.807) is 11.3 Å². The molecule has 0 bridgehead atoms. The zero-order valence-corrected chi connectivity index (χ0v) is 17.7. The van der Waals surface area contributed by atoms with Crippen LogP contribution >= 0.6 is 35.3 Å². The molecule has 0 saturated heterocycles. The Balaban J connectivity index is 0.00000288. The van der Waals surface area contributed by atoms with Crippen LogP contribution in [0.5, 0.6) is 0 Å². The maximum atomic E-state index is 4.28. The second kappa shape index (κ2) is 11.4.